The number of nitrogens with one attached hydrogen (secondary N) is 1. The van der Waals surface area contributed by atoms with E-state index < -0.39 is 0 Å². The molecule has 1 aromatic heterocycles. The number of aryl methyl sites for hydroxylation is 1. The lowest BCUT2D eigenvalue weighted by atomic mass is 9.88. The molecule has 1 N–H and O–H groups in total. The summed E-state index contributed by atoms with van der Waals surface area (Å²) < 4.78 is 2.13. The van der Waals surface area contributed by atoms with Crippen molar-refractivity contribution in [2.75, 3.05) is 7.05 Å². The highest BCUT2D eigenvalue weighted by molar-refractivity contribution is 5.08. The molecule has 0 spiro atoms. The first-order chi connectivity index (χ1) is 7.61. The first-order valence-corrected chi connectivity index (χ1v) is 6.30. The van der Waals surface area contributed by atoms with Crippen molar-refractivity contribution in [3.63, 3.8) is 0 Å². The van der Waals surface area contributed by atoms with E-state index in [0.717, 1.165) is 13.0 Å². The van der Waals surface area contributed by atoms with Gasteiger partial charge in [0.05, 0.1) is 11.7 Å². The molecular weight excluding hydrogens is 198 g/mol. The van der Waals surface area contributed by atoms with Crippen LogP contribution in [0.25, 0.3) is 0 Å². The van der Waals surface area contributed by atoms with Crippen LogP contribution in [0.3, 0.4) is 0 Å². The molecule has 0 saturated heterocycles. The maximum absolute atomic E-state index is 4.39. The smallest absolute Gasteiger partial charge is 0.0556 e. The van der Waals surface area contributed by atoms with Gasteiger partial charge in [-0.05, 0) is 31.4 Å². The van der Waals surface area contributed by atoms with Crippen molar-refractivity contribution in [1.29, 1.82) is 0 Å². The Balaban J connectivity index is 2.89. The summed E-state index contributed by atoms with van der Waals surface area (Å²) in [4.78, 5) is 0. The third kappa shape index (κ3) is 2.85. The molecule has 0 amide bonds. The predicted molar refractivity (Wildman–Crippen MR) is 68.3 cm³/mol. The Morgan fingerprint density at radius 2 is 2.06 bits per heavy atom. The third-order valence-electron chi connectivity index (χ3n) is 3.39. The van der Waals surface area contributed by atoms with Crippen LogP contribution in [0.4, 0.5) is 0 Å². The fraction of sp³-hybridized carbons (Fsp3) is 0.769. The second kappa shape index (κ2) is 6.04. The monoisotopic (exact) mass is 223 g/mol. The fourth-order valence-corrected chi connectivity index (χ4v) is 2.07. The van der Waals surface area contributed by atoms with E-state index in [1.165, 1.54) is 5.69 Å². The van der Waals surface area contributed by atoms with Crippen molar-refractivity contribution in [2.24, 2.45) is 11.8 Å². The van der Waals surface area contributed by atoms with Gasteiger partial charge in [-0.2, -0.15) is 5.10 Å². The molecule has 2 atom stereocenters. The van der Waals surface area contributed by atoms with Crippen molar-refractivity contribution in [3.05, 3.63) is 18.0 Å². The van der Waals surface area contributed by atoms with Crippen LogP contribution in [0, 0.1) is 11.8 Å². The van der Waals surface area contributed by atoms with E-state index in [9.17, 15) is 0 Å². The first kappa shape index (κ1) is 13.2. The minimum absolute atomic E-state index is 0.397. The Bertz CT molecular complexity index is 304. The van der Waals surface area contributed by atoms with Crippen molar-refractivity contribution >= 4 is 0 Å². The molecule has 92 valence electrons. The average molecular weight is 223 g/mol. The minimum atomic E-state index is 0.397. The van der Waals surface area contributed by atoms with Gasteiger partial charge in [0.2, 0.25) is 0 Å². The highest BCUT2D eigenvalue weighted by Gasteiger charge is 2.23. The van der Waals surface area contributed by atoms with Crippen LogP contribution in [0.1, 0.15) is 45.9 Å². The Kier molecular flexibility index (Phi) is 5.00. The van der Waals surface area contributed by atoms with E-state index in [0.29, 0.717) is 17.9 Å². The first-order valence-electron chi connectivity index (χ1n) is 6.30. The number of nitrogens with zero attached hydrogens (tertiary/aromatic N) is 2. The predicted octanol–water partition coefficient (Wildman–Crippen LogP) is 2.85. The van der Waals surface area contributed by atoms with Gasteiger partial charge in [0.1, 0.15) is 0 Å². The molecule has 2 unspecified atom stereocenters. The Hall–Kier alpha value is -0.830. The van der Waals surface area contributed by atoms with Crippen LogP contribution >= 0.6 is 0 Å². The molecule has 0 bridgehead atoms. The summed E-state index contributed by atoms with van der Waals surface area (Å²) in [7, 11) is 2.03. The summed E-state index contributed by atoms with van der Waals surface area (Å²) in [6.07, 6.45) is 3.03. The molecule has 0 saturated carbocycles. The standard InChI is InChI=1S/C13H25N3/c1-6-9-16-12(7-8-15-16)13(14-5)11(4)10(2)3/h7-8,10-11,13-14H,6,9H2,1-5H3. The lowest BCUT2D eigenvalue weighted by molar-refractivity contribution is 0.301. The van der Waals surface area contributed by atoms with Gasteiger partial charge in [0.25, 0.3) is 0 Å². The lowest BCUT2D eigenvalue weighted by Gasteiger charge is -2.27. The zero-order valence-corrected chi connectivity index (χ0v) is 11.2. The van der Waals surface area contributed by atoms with Gasteiger partial charge in [0.15, 0.2) is 0 Å². The van der Waals surface area contributed by atoms with Gasteiger partial charge < -0.3 is 5.32 Å². The summed E-state index contributed by atoms with van der Waals surface area (Å²) >= 11 is 0. The van der Waals surface area contributed by atoms with E-state index in [2.05, 4.69) is 48.9 Å². The second-order valence-electron chi connectivity index (χ2n) is 4.85. The second-order valence-corrected chi connectivity index (χ2v) is 4.85. The van der Waals surface area contributed by atoms with Crippen LogP contribution in [0.2, 0.25) is 0 Å². The van der Waals surface area contributed by atoms with Crippen molar-refractivity contribution in [3.8, 4) is 0 Å². The van der Waals surface area contributed by atoms with Gasteiger partial charge in [0, 0.05) is 12.7 Å². The molecular formula is C13H25N3. The topological polar surface area (TPSA) is 29.9 Å². The average Bonchev–Trinajstić information content (AvgIpc) is 2.68. The lowest BCUT2D eigenvalue weighted by Crippen LogP contribution is -2.29. The van der Waals surface area contributed by atoms with Crippen LogP contribution in [0.5, 0.6) is 0 Å². The number of hydrogen-bond acceptors (Lipinski definition) is 2. The van der Waals surface area contributed by atoms with Crippen LogP contribution in [-0.4, -0.2) is 16.8 Å². The molecule has 3 nitrogen and oxygen atoms in total. The molecule has 0 aliphatic carbocycles. The van der Waals surface area contributed by atoms with Crippen LogP contribution in [0.15, 0.2) is 12.3 Å². The minimum Gasteiger partial charge on any atom is -0.311 e. The maximum atomic E-state index is 4.39. The summed E-state index contributed by atoms with van der Waals surface area (Å²) in [5, 5.41) is 7.82. The zero-order chi connectivity index (χ0) is 12.1. The Labute approximate surface area is 99.2 Å². The molecule has 1 aromatic rings. The summed E-state index contributed by atoms with van der Waals surface area (Å²) in [5.41, 5.74) is 1.31. The Morgan fingerprint density at radius 3 is 2.56 bits per heavy atom. The normalized spacial score (nSPS) is 15.4. The highest BCUT2D eigenvalue weighted by Crippen LogP contribution is 2.27. The number of aromatic nitrogens is 2. The van der Waals surface area contributed by atoms with Gasteiger partial charge in [-0.25, -0.2) is 0 Å². The molecule has 16 heavy (non-hydrogen) atoms. The molecule has 1 heterocycles. The third-order valence-corrected chi connectivity index (χ3v) is 3.39. The van der Waals surface area contributed by atoms with Gasteiger partial charge in [-0.3, -0.25) is 4.68 Å². The van der Waals surface area contributed by atoms with Crippen molar-refractivity contribution in [1.82, 2.24) is 15.1 Å². The van der Waals surface area contributed by atoms with Crippen LogP contribution < -0.4 is 5.32 Å². The number of rotatable bonds is 6. The summed E-state index contributed by atoms with van der Waals surface area (Å²) in [5.74, 6) is 1.28. The molecule has 0 fully saturated rings. The van der Waals surface area contributed by atoms with E-state index in [-0.39, 0.29) is 0 Å². The quantitative estimate of drug-likeness (QED) is 0.803. The molecule has 3 heteroatoms. The van der Waals surface area contributed by atoms with E-state index >= 15 is 0 Å². The molecule has 0 aliphatic rings. The number of hydrogen-bond donors (Lipinski definition) is 1. The molecule has 1 rings (SSSR count). The maximum Gasteiger partial charge on any atom is 0.0556 e. The largest absolute Gasteiger partial charge is 0.311 e. The molecule has 0 aliphatic heterocycles. The zero-order valence-electron chi connectivity index (χ0n) is 11.2. The van der Waals surface area contributed by atoms with Crippen LogP contribution in [-0.2, 0) is 6.54 Å². The Morgan fingerprint density at radius 1 is 1.38 bits per heavy atom. The van der Waals surface area contributed by atoms with Crippen molar-refractivity contribution < 1.29 is 0 Å². The molecule has 0 radical (unpaired) electrons. The van der Waals surface area contributed by atoms with E-state index in [1.54, 1.807) is 0 Å². The van der Waals surface area contributed by atoms with Gasteiger partial charge in [-0.1, -0.05) is 27.7 Å². The fourth-order valence-electron chi connectivity index (χ4n) is 2.07. The van der Waals surface area contributed by atoms with E-state index in [4.69, 9.17) is 0 Å². The SMILES string of the molecule is CCCn1nccc1C(NC)C(C)C(C)C. The van der Waals surface area contributed by atoms with Gasteiger partial charge in [-0.15, -0.1) is 0 Å². The molecule has 0 aromatic carbocycles. The van der Waals surface area contributed by atoms with Gasteiger partial charge >= 0.3 is 0 Å². The highest BCUT2D eigenvalue weighted by atomic mass is 15.3. The summed E-state index contributed by atoms with van der Waals surface area (Å²) in [6, 6.07) is 2.53. The van der Waals surface area contributed by atoms with Crippen molar-refractivity contribution in [2.45, 2.75) is 46.7 Å². The van der Waals surface area contributed by atoms with E-state index in [1.807, 2.05) is 13.2 Å². The summed E-state index contributed by atoms with van der Waals surface area (Å²) in [6.45, 7) is 10.0.